The lowest BCUT2D eigenvalue weighted by Crippen LogP contribution is -2.78. The molecule has 2 aromatic carbocycles. The second kappa shape index (κ2) is 20.3. The Balaban J connectivity index is 1.40. The van der Waals surface area contributed by atoms with Gasteiger partial charge in [0.05, 0.1) is 19.3 Å². The van der Waals surface area contributed by atoms with Crippen LogP contribution >= 0.6 is 0 Å². The molecule has 1 saturated heterocycles. The molecule has 0 bridgehead atoms. The maximum Gasteiger partial charge on any atom is 0.338 e. The van der Waals surface area contributed by atoms with Gasteiger partial charge in [0.1, 0.15) is 35.7 Å². The van der Waals surface area contributed by atoms with Gasteiger partial charge in [0.15, 0.2) is 0 Å². The van der Waals surface area contributed by atoms with Crippen molar-refractivity contribution in [2.24, 2.45) is 17.2 Å². The number of amides is 7. The number of nitrogens with two attached hydrogens (primary N) is 3. The minimum Gasteiger partial charge on any atom is -0.368 e. The Morgan fingerprint density at radius 1 is 0.726 bits per heavy atom. The molecule has 7 amide bonds. The van der Waals surface area contributed by atoms with Gasteiger partial charge in [-0.1, -0.05) is 61.4 Å². The number of para-hydroxylation sites is 1. The number of carbonyl (C=O) groups is 7. The van der Waals surface area contributed by atoms with Crippen molar-refractivity contribution < 1.29 is 38.6 Å². The van der Waals surface area contributed by atoms with Crippen LogP contribution < -0.4 is 54.1 Å². The topological polar surface area (TPSA) is 328 Å². The molecule has 1 saturated carbocycles. The molecule has 62 heavy (non-hydrogen) atoms. The van der Waals surface area contributed by atoms with Crippen molar-refractivity contribution in [3.63, 3.8) is 0 Å². The maximum absolute atomic E-state index is 14.4. The van der Waals surface area contributed by atoms with Crippen LogP contribution in [0.25, 0.3) is 10.9 Å². The number of rotatable bonds is 11. The standard InChI is InChI=1S/C42H53N13O7/c43-35(57)30-20-34(56)55-42(14-6-7-15-42)40(62)54-33(19-26-22-46-23-49-26)39(61)52-31(17-24-9-2-1-3-10-24)37(59)50-29(13-8-16-47-41(44)45)36(58)53-32(38(60)51-30)18-25-21-48-28-12-5-4-11-27(25)28/h1-5,9-12,21-23,29-33,48H,6-8,13-20H2,(H2,43,57)(H,46,49)(H,50,59)(H,51,60)(H,52,61)(H,53,58)(H,54,62)(H,55,56)(H4,44,45,47)/p+1/t29-,30-,31+,32-,33-/m0/s1. The molecular weight excluding hydrogens is 799 g/mol. The number of hydrogen-bond acceptors (Lipinski definition) is 8. The first-order valence-electron chi connectivity index (χ1n) is 20.6. The Morgan fingerprint density at radius 2 is 1.35 bits per heavy atom. The fourth-order valence-electron chi connectivity index (χ4n) is 7.92. The number of fused-ring (bicyclic) bond motifs is 1. The van der Waals surface area contributed by atoms with E-state index in [1.54, 1.807) is 36.5 Å². The molecule has 4 aromatic rings. The number of benzene rings is 2. The zero-order valence-electron chi connectivity index (χ0n) is 34.1. The molecule has 3 heterocycles. The minimum atomic E-state index is -1.55. The number of aromatic nitrogens is 3. The largest absolute Gasteiger partial charge is 0.368 e. The van der Waals surface area contributed by atoms with Crippen LogP contribution in [0.3, 0.4) is 0 Å². The van der Waals surface area contributed by atoms with Crippen LogP contribution in [0.1, 0.15) is 61.8 Å². The predicted octanol–water partition coefficient (Wildman–Crippen LogP) is -3.20. The molecule has 1 aliphatic heterocycles. The lowest BCUT2D eigenvalue weighted by molar-refractivity contribution is -0.459. The molecule has 1 aliphatic carbocycles. The van der Waals surface area contributed by atoms with Crippen molar-refractivity contribution >= 4 is 58.2 Å². The van der Waals surface area contributed by atoms with E-state index in [1.165, 1.54) is 12.5 Å². The highest BCUT2D eigenvalue weighted by molar-refractivity contribution is 6.00. The van der Waals surface area contributed by atoms with Crippen molar-refractivity contribution in [1.82, 2.24) is 46.9 Å². The fraction of sp³-hybridized carbons (Fsp3) is 0.405. The van der Waals surface area contributed by atoms with E-state index in [9.17, 15) is 33.6 Å². The van der Waals surface area contributed by atoms with E-state index in [0.717, 1.165) is 10.9 Å². The van der Waals surface area contributed by atoms with E-state index in [0.29, 0.717) is 29.7 Å². The second-order valence-electron chi connectivity index (χ2n) is 15.8. The van der Waals surface area contributed by atoms with Gasteiger partial charge in [0.2, 0.25) is 41.4 Å². The molecule has 5 atom stereocenters. The van der Waals surface area contributed by atoms with E-state index < -0.39 is 83.5 Å². The summed E-state index contributed by atoms with van der Waals surface area (Å²) < 4.78 is 0. The summed E-state index contributed by atoms with van der Waals surface area (Å²) in [5, 5.41) is 17.3. The van der Waals surface area contributed by atoms with Crippen LogP contribution in [0, 0.1) is 0 Å². The van der Waals surface area contributed by atoms with Crippen LogP contribution in [0.2, 0.25) is 0 Å². The molecule has 328 valence electrons. The quantitative estimate of drug-likeness (QED) is 0.0407. The molecule has 20 heteroatoms. The third-order valence-corrected chi connectivity index (χ3v) is 11.2. The number of nitrogens with zero attached hydrogens (tertiary/aromatic N) is 1. The van der Waals surface area contributed by atoms with Crippen molar-refractivity contribution in [1.29, 1.82) is 0 Å². The summed E-state index contributed by atoms with van der Waals surface area (Å²) in [6.45, 7) is 0.226. The van der Waals surface area contributed by atoms with Gasteiger partial charge in [-0.2, -0.15) is 0 Å². The Kier molecular flexibility index (Phi) is 14.5. The lowest BCUT2D eigenvalue weighted by Gasteiger charge is -2.32. The Hall–Kier alpha value is -7.25. The van der Waals surface area contributed by atoms with Crippen LogP contribution in [-0.2, 0) is 52.8 Å². The average molecular weight is 853 g/mol. The number of nitrogens with one attached hydrogen (secondary N) is 9. The molecule has 6 rings (SSSR count). The number of hydrogen-bond donors (Lipinski definition) is 12. The molecule has 1 spiro atoms. The van der Waals surface area contributed by atoms with E-state index in [-0.39, 0.29) is 57.5 Å². The molecule has 2 aromatic heterocycles. The Labute approximate surface area is 356 Å². The van der Waals surface area contributed by atoms with Crippen LogP contribution in [0.5, 0.6) is 0 Å². The molecule has 2 fully saturated rings. The highest BCUT2D eigenvalue weighted by Crippen LogP contribution is 2.30. The van der Waals surface area contributed by atoms with E-state index in [4.69, 9.17) is 17.2 Å². The first kappa shape index (κ1) is 44.3. The fourth-order valence-corrected chi connectivity index (χ4v) is 7.92. The van der Waals surface area contributed by atoms with E-state index in [1.807, 2.05) is 24.3 Å². The summed E-state index contributed by atoms with van der Waals surface area (Å²) in [7, 11) is 0. The minimum absolute atomic E-state index is 0.00219. The highest BCUT2D eigenvalue weighted by Gasteiger charge is 2.45. The zero-order valence-corrected chi connectivity index (χ0v) is 34.1. The van der Waals surface area contributed by atoms with E-state index in [2.05, 4.69) is 51.8 Å². The van der Waals surface area contributed by atoms with Gasteiger partial charge < -0.3 is 47.6 Å². The smallest absolute Gasteiger partial charge is 0.338 e. The van der Waals surface area contributed by atoms with Crippen molar-refractivity contribution in [3.8, 4) is 0 Å². The summed E-state index contributed by atoms with van der Waals surface area (Å²) >= 11 is 0. The second-order valence-corrected chi connectivity index (χ2v) is 15.8. The summed E-state index contributed by atoms with van der Waals surface area (Å²) in [5.74, 6) is -5.52. The van der Waals surface area contributed by atoms with Gasteiger partial charge >= 0.3 is 5.96 Å². The number of imidazole rings is 1. The SMILES string of the molecule is NC(=O)[C@@H]1CC(=O)NC2(CCCC2)C(=O)N[C@@H](Cc2cnc[nH]2)C(=O)N[C@H](Cc2ccccc2)C(=O)N[C@@H](CCC[NH+]=C(N)N)C(=O)N[C@@H](Cc2c[nH]c3ccccc23)C(=O)N1. The van der Waals surface area contributed by atoms with Gasteiger partial charge in [-0.15, -0.1) is 0 Å². The summed E-state index contributed by atoms with van der Waals surface area (Å²) in [6.07, 6.45) is 5.72. The maximum atomic E-state index is 14.4. The van der Waals surface area contributed by atoms with Crippen molar-refractivity contribution in [3.05, 3.63) is 90.1 Å². The van der Waals surface area contributed by atoms with Gasteiger partial charge in [0.25, 0.3) is 0 Å². The average Bonchev–Trinajstić information content (AvgIpc) is 4.03. The third kappa shape index (κ3) is 11.5. The van der Waals surface area contributed by atoms with Crippen molar-refractivity contribution in [2.75, 3.05) is 6.54 Å². The molecular formula is C42H54N13O7+. The Bertz CT molecular complexity index is 2270. The number of carbonyl (C=O) groups excluding carboxylic acids is 7. The van der Waals surface area contributed by atoms with Gasteiger partial charge in [0, 0.05) is 48.3 Å². The normalized spacial score (nSPS) is 22.8. The van der Waals surface area contributed by atoms with Crippen LogP contribution in [0.4, 0.5) is 0 Å². The van der Waals surface area contributed by atoms with Gasteiger partial charge in [-0.25, -0.2) is 4.98 Å². The summed E-state index contributed by atoms with van der Waals surface area (Å²) in [5.41, 5.74) is 18.1. The first-order valence-corrected chi connectivity index (χ1v) is 20.6. The first-order chi connectivity index (χ1) is 29.8. The molecule has 0 unspecified atom stereocenters. The number of aromatic amines is 2. The molecule has 15 N–H and O–H groups in total. The lowest BCUT2D eigenvalue weighted by atomic mass is 9.94. The van der Waals surface area contributed by atoms with Gasteiger partial charge in [-0.3, -0.25) is 50.0 Å². The monoisotopic (exact) mass is 852 g/mol. The number of guanidine groups is 1. The van der Waals surface area contributed by atoms with Crippen LogP contribution in [-0.4, -0.2) is 105 Å². The van der Waals surface area contributed by atoms with Crippen molar-refractivity contribution in [2.45, 2.75) is 100.0 Å². The molecule has 20 nitrogen and oxygen atoms in total. The highest BCUT2D eigenvalue weighted by atomic mass is 16.2. The third-order valence-electron chi connectivity index (χ3n) is 11.2. The number of primary amides is 1. The molecule has 2 aliphatic rings. The predicted molar refractivity (Wildman–Crippen MR) is 226 cm³/mol. The van der Waals surface area contributed by atoms with Gasteiger partial charge in [-0.05, 0) is 42.9 Å². The molecule has 0 radical (unpaired) electrons. The summed E-state index contributed by atoms with van der Waals surface area (Å²) in [4.78, 5) is 111. The van der Waals surface area contributed by atoms with Crippen LogP contribution in [0.15, 0.2) is 73.3 Å². The summed E-state index contributed by atoms with van der Waals surface area (Å²) in [6, 6.07) is 9.54. The number of H-pyrrole nitrogens is 2. The van der Waals surface area contributed by atoms with E-state index >= 15 is 0 Å². The zero-order chi connectivity index (χ0) is 44.2. The Morgan fingerprint density at radius 3 is 2.03 bits per heavy atom.